The van der Waals surface area contributed by atoms with Gasteiger partial charge in [0.1, 0.15) is 18.5 Å². The Labute approximate surface area is 149 Å². The number of nitrogens with one attached hydrogen (secondary N) is 1. The number of carbonyl (C=O) groups excluding carboxylic acids is 1. The van der Waals surface area contributed by atoms with Crippen LogP contribution in [0, 0.1) is 23.2 Å². The lowest BCUT2D eigenvalue weighted by Gasteiger charge is -2.54. The number of allylic oxidation sites excluding steroid dienone is 1. The zero-order valence-corrected chi connectivity index (χ0v) is 15.7. The van der Waals surface area contributed by atoms with E-state index in [1.807, 2.05) is 26.0 Å². The fraction of sp³-hybridized carbons (Fsp3) is 0.650. The van der Waals surface area contributed by atoms with Crippen LogP contribution < -0.4 is 5.32 Å². The second kappa shape index (κ2) is 6.87. The third-order valence-electron chi connectivity index (χ3n) is 5.95. The molecule has 0 saturated carbocycles. The molecule has 0 spiro atoms. The van der Waals surface area contributed by atoms with Crippen molar-refractivity contribution in [3.63, 3.8) is 0 Å². The van der Waals surface area contributed by atoms with Gasteiger partial charge in [-0.1, -0.05) is 25.5 Å². The monoisotopic (exact) mass is 347 g/mol. The number of hydrogen-bond donors (Lipinski definition) is 1. The zero-order chi connectivity index (χ0) is 18.2. The number of amides is 1. The summed E-state index contributed by atoms with van der Waals surface area (Å²) in [5.74, 6) is 1.70. The van der Waals surface area contributed by atoms with E-state index in [-0.39, 0.29) is 35.5 Å². The largest absolute Gasteiger partial charge is 0.467 e. The summed E-state index contributed by atoms with van der Waals surface area (Å²) < 4.78 is 17.5. The second-order valence-corrected chi connectivity index (χ2v) is 7.87. The molecule has 1 N–H and O–H groups in total. The molecule has 1 aliphatic carbocycles. The first-order chi connectivity index (χ1) is 11.8. The summed E-state index contributed by atoms with van der Waals surface area (Å²) in [6.45, 7) is 11.4. The molecule has 2 aliphatic rings. The third kappa shape index (κ3) is 3.22. The number of furan rings is 1. The third-order valence-corrected chi connectivity index (χ3v) is 5.95. The molecule has 2 bridgehead atoms. The minimum atomic E-state index is -0.361. The molecule has 0 unspecified atom stereocenters. The topological polar surface area (TPSA) is 60.7 Å². The highest BCUT2D eigenvalue weighted by Crippen LogP contribution is 2.56. The molecule has 1 saturated heterocycles. The molecule has 2 heterocycles. The maximum atomic E-state index is 12.0. The molecule has 1 aromatic heterocycles. The van der Waals surface area contributed by atoms with Crippen LogP contribution in [0.5, 0.6) is 0 Å². The molecule has 138 valence electrons. The minimum Gasteiger partial charge on any atom is -0.467 e. The molecular weight excluding hydrogens is 318 g/mol. The van der Waals surface area contributed by atoms with Gasteiger partial charge < -0.3 is 19.2 Å². The van der Waals surface area contributed by atoms with Crippen LogP contribution >= 0.6 is 0 Å². The number of ether oxygens (including phenoxy) is 2. The van der Waals surface area contributed by atoms with Gasteiger partial charge in [-0.15, -0.1) is 0 Å². The Morgan fingerprint density at radius 3 is 2.84 bits per heavy atom. The quantitative estimate of drug-likeness (QED) is 0.824. The highest BCUT2D eigenvalue weighted by Gasteiger charge is 2.55. The van der Waals surface area contributed by atoms with E-state index in [0.717, 1.165) is 5.76 Å². The SMILES string of the molecule is CC1=C[C@H](C)[C@@]2(COC(=O)NC(C)C)CO[C@@H](c3ccco3)[C@@H]1[C@H]2C. The summed E-state index contributed by atoms with van der Waals surface area (Å²) in [6.07, 6.45) is 3.56. The van der Waals surface area contributed by atoms with Crippen molar-refractivity contribution in [3.8, 4) is 0 Å². The molecular formula is C20H29NO4. The van der Waals surface area contributed by atoms with Crippen molar-refractivity contribution in [1.82, 2.24) is 5.32 Å². The normalized spacial score (nSPS) is 34.6. The Morgan fingerprint density at radius 2 is 2.20 bits per heavy atom. The van der Waals surface area contributed by atoms with Crippen molar-refractivity contribution >= 4 is 6.09 Å². The summed E-state index contributed by atoms with van der Waals surface area (Å²) in [5, 5.41) is 2.79. The van der Waals surface area contributed by atoms with Gasteiger partial charge in [0.2, 0.25) is 0 Å². The molecule has 0 radical (unpaired) electrons. The van der Waals surface area contributed by atoms with Gasteiger partial charge in [-0.3, -0.25) is 0 Å². The minimum absolute atomic E-state index is 0.0621. The van der Waals surface area contributed by atoms with Crippen LogP contribution in [-0.4, -0.2) is 25.3 Å². The average Bonchev–Trinajstić information content (AvgIpc) is 3.05. The zero-order valence-electron chi connectivity index (χ0n) is 15.7. The maximum Gasteiger partial charge on any atom is 0.407 e. The molecule has 5 nitrogen and oxygen atoms in total. The molecule has 1 amide bonds. The lowest BCUT2D eigenvalue weighted by atomic mass is 9.56. The van der Waals surface area contributed by atoms with E-state index < -0.39 is 0 Å². The molecule has 25 heavy (non-hydrogen) atoms. The first-order valence-electron chi connectivity index (χ1n) is 9.12. The predicted molar refractivity (Wildman–Crippen MR) is 95.0 cm³/mol. The van der Waals surface area contributed by atoms with Gasteiger partial charge in [0.15, 0.2) is 0 Å². The van der Waals surface area contributed by atoms with Gasteiger partial charge in [-0.25, -0.2) is 4.79 Å². The molecule has 1 fully saturated rings. The van der Waals surface area contributed by atoms with Crippen molar-refractivity contribution < 1.29 is 18.7 Å². The van der Waals surface area contributed by atoms with Crippen molar-refractivity contribution in [2.75, 3.05) is 13.2 Å². The second-order valence-electron chi connectivity index (χ2n) is 7.87. The molecule has 0 aromatic carbocycles. The average molecular weight is 347 g/mol. The van der Waals surface area contributed by atoms with Gasteiger partial charge >= 0.3 is 6.09 Å². The Kier molecular flexibility index (Phi) is 4.96. The van der Waals surface area contributed by atoms with Crippen molar-refractivity contribution in [2.24, 2.45) is 23.2 Å². The summed E-state index contributed by atoms with van der Waals surface area (Å²) in [7, 11) is 0. The van der Waals surface area contributed by atoms with Crippen LogP contribution in [0.2, 0.25) is 0 Å². The van der Waals surface area contributed by atoms with Crippen molar-refractivity contribution in [2.45, 2.75) is 46.8 Å². The molecule has 3 rings (SSSR count). The van der Waals surface area contributed by atoms with Gasteiger partial charge in [-0.2, -0.15) is 0 Å². The van der Waals surface area contributed by atoms with Crippen LogP contribution in [0.3, 0.4) is 0 Å². The summed E-state index contributed by atoms with van der Waals surface area (Å²) in [6, 6.07) is 3.93. The van der Waals surface area contributed by atoms with Crippen LogP contribution in [0.1, 0.15) is 46.5 Å². The number of rotatable bonds is 4. The number of fused-ring (bicyclic) bond motifs is 2. The van der Waals surface area contributed by atoms with Crippen LogP contribution in [-0.2, 0) is 9.47 Å². The fourth-order valence-corrected chi connectivity index (χ4v) is 4.44. The molecule has 5 atom stereocenters. The van der Waals surface area contributed by atoms with Crippen LogP contribution in [0.25, 0.3) is 0 Å². The van der Waals surface area contributed by atoms with E-state index in [0.29, 0.717) is 19.1 Å². The van der Waals surface area contributed by atoms with E-state index in [1.165, 1.54) is 5.57 Å². The fourth-order valence-electron chi connectivity index (χ4n) is 4.44. The van der Waals surface area contributed by atoms with Crippen molar-refractivity contribution in [3.05, 3.63) is 35.8 Å². The Morgan fingerprint density at radius 1 is 1.44 bits per heavy atom. The Bertz CT molecular complexity index is 636. The summed E-state index contributed by atoms with van der Waals surface area (Å²) >= 11 is 0. The van der Waals surface area contributed by atoms with Gasteiger partial charge in [0.25, 0.3) is 0 Å². The first kappa shape index (κ1) is 18.1. The highest BCUT2D eigenvalue weighted by molar-refractivity contribution is 5.67. The number of alkyl carbamates (subject to hydrolysis) is 1. The Hall–Kier alpha value is -1.75. The highest BCUT2D eigenvalue weighted by atomic mass is 16.6. The summed E-state index contributed by atoms with van der Waals surface area (Å²) in [5.41, 5.74) is 1.12. The van der Waals surface area contributed by atoms with Crippen LogP contribution in [0.4, 0.5) is 4.79 Å². The molecule has 1 aliphatic heterocycles. The van der Waals surface area contributed by atoms with Gasteiger partial charge in [0, 0.05) is 17.4 Å². The van der Waals surface area contributed by atoms with Crippen molar-refractivity contribution in [1.29, 1.82) is 0 Å². The molecule has 5 heteroatoms. The standard InChI is InChI=1S/C20H29NO4/c1-12(2)21-19(22)25-11-20-10-24-18(16-7-6-8-23-16)17(15(20)5)13(3)9-14(20)4/h6-9,12,14-15,17-18H,10-11H2,1-5H3,(H,21,22)/t14-,15+,17-,18-,20-/m0/s1. The first-order valence-corrected chi connectivity index (χ1v) is 9.12. The predicted octanol–water partition coefficient (Wildman–Crippen LogP) is 4.32. The van der Waals surface area contributed by atoms with E-state index in [1.54, 1.807) is 6.26 Å². The van der Waals surface area contributed by atoms with E-state index in [9.17, 15) is 4.79 Å². The Balaban J connectivity index is 1.82. The number of carbonyl (C=O) groups is 1. The van der Waals surface area contributed by atoms with E-state index >= 15 is 0 Å². The summed E-state index contributed by atoms with van der Waals surface area (Å²) in [4.78, 5) is 12.0. The molecule has 1 aromatic rings. The van der Waals surface area contributed by atoms with E-state index in [4.69, 9.17) is 13.9 Å². The lowest BCUT2D eigenvalue weighted by molar-refractivity contribution is -0.170. The maximum absolute atomic E-state index is 12.0. The smallest absolute Gasteiger partial charge is 0.407 e. The number of hydrogen-bond acceptors (Lipinski definition) is 4. The van der Waals surface area contributed by atoms with Gasteiger partial charge in [-0.05, 0) is 44.7 Å². The van der Waals surface area contributed by atoms with E-state index in [2.05, 4.69) is 32.2 Å². The van der Waals surface area contributed by atoms with Gasteiger partial charge in [0.05, 0.1) is 12.9 Å². The lowest BCUT2D eigenvalue weighted by Crippen LogP contribution is -2.54. The van der Waals surface area contributed by atoms with Crippen LogP contribution in [0.15, 0.2) is 34.5 Å².